The first-order chi connectivity index (χ1) is 7.18. The number of hydrogen-bond acceptors (Lipinski definition) is 0. The zero-order valence-corrected chi connectivity index (χ0v) is 8.84. The summed E-state index contributed by atoms with van der Waals surface area (Å²) in [5.41, 5.74) is 4.53. The van der Waals surface area contributed by atoms with Gasteiger partial charge in [-0.2, -0.15) is 0 Å². The summed E-state index contributed by atoms with van der Waals surface area (Å²) in [5.74, 6) is -0.246. The van der Waals surface area contributed by atoms with Crippen LogP contribution in [0.3, 0.4) is 0 Å². The molecule has 0 heterocycles. The molecule has 0 aromatic heterocycles. The Labute approximate surface area is 89.4 Å². The van der Waals surface area contributed by atoms with Gasteiger partial charge in [0.2, 0.25) is 0 Å². The zero-order chi connectivity index (χ0) is 10.8. The average molecular weight is 199 g/mol. The Morgan fingerprint density at radius 3 is 2.53 bits per heavy atom. The van der Waals surface area contributed by atoms with Crippen LogP contribution in [-0.4, -0.2) is 0 Å². The topological polar surface area (TPSA) is 0 Å². The van der Waals surface area contributed by atoms with E-state index < -0.39 is 0 Å². The van der Waals surface area contributed by atoms with Crippen molar-refractivity contribution in [3.63, 3.8) is 0 Å². The van der Waals surface area contributed by atoms with Crippen molar-refractivity contribution in [1.82, 2.24) is 0 Å². The maximum atomic E-state index is 12.8. The Hall–Kier alpha value is -1.63. The molecule has 75 valence electrons. The number of aryl methyl sites for hydroxylation is 1. The highest BCUT2D eigenvalue weighted by molar-refractivity contribution is 5.67. The highest BCUT2D eigenvalue weighted by atomic mass is 19.1. The van der Waals surface area contributed by atoms with Crippen LogP contribution >= 0.6 is 0 Å². The van der Waals surface area contributed by atoms with Gasteiger partial charge in [-0.25, -0.2) is 4.39 Å². The number of benzene rings is 2. The van der Waals surface area contributed by atoms with Gasteiger partial charge in [-0.05, 0) is 54.3 Å². The minimum Gasteiger partial charge on any atom is -0.207 e. The van der Waals surface area contributed by atoms with E-state index in [1.54, 1.807) is 6.07 Å². The van der Waals surface area contributed by atoms with Crippen molar-refractivity contribution >= 4 is 0 Å². The second-order valence-corrected chi connectivity index (χ2v) is 3.67. The second-order valence-electron chi connectivity index (χ2n) is 3.67. The fourth-order valence-electron chi connectivity index (χ4n) is 1.62. The Balaban J connectivity index is 2.54. The van der Waals surface area contributed by atoms with Gasteiger partial charge >= 0.3 is 0 Å². The third-order valence-corrected chi connectivity index (χ3v) is 2.67. The molecule has 2 rings (SSSR count). The molecule has 1 radical (unpaired) electrons. The Bertz CT molecular complexity index is 469. The molecule has 15 heavy (non-hydrogen) atoms. The van der Waals surface area contributed by atoms with Crippen LogP contribution in [-0.2, 0) is 0 Å². The third-order valence-electron chi connectivity index (χ3n) is 2.67. The van der Waals surface area contributed by atoms with E-state index in [2.05, 4.69) is 26.0 Å². The average Bonchev–Trinajstić information content (AvgIpc) is 2.24. The Morgan fingerprint density at radius 1 is 1.07 bits per heavy atom. The number of hydrogen-bond donors (Lipinski definition) is 0. The molecular formula is C14H12F. The van der Waals surface area contributed by atoms with Gasteiger partial charge in [0.1, 0.15) is 5.82 Å². The van der Waals surface area contributed by atoms with Gasteiger partial charge in [0.05, 0.1) is 0 Å². The van der Waals surface area contributed by atoms with Crippen molar-refractivity contribution in [2.24, 2.45) is 0 Å². The SMILES string of the molecule is Cc1cccc(-c2[c]cc(F)cc2)c1C. The van der Waals surface area contributed by atoms with E-state index in [0.717, 1.165) is 11.1 Å². The van der Waals surface area contributed by atoms with E-state index in [1.807, 2.05) is 12.1 Å². The van der Waals surface area contributed by atoms with Crippen LogP contribution in [0, 0.1) is 25.7 Å². The molecule has 2 aromatic carbocycles. The summed E-state index contributed by atoms with van der Waals surface area (Å²) in [5, 5.41) is 0. The predicted octanol–water partition coefficient (Wildman–Crippen LogP) is 3.91. The molecule has 0 nitrogen and oxygen atoms in total. The van der Waals surface area contributed by atoms with Crippen molar-refractivity contribution in [3.05, 3.63) is 59.4 Å². The van der Waals surface area contributed by atoms with Gasteiger partial charge in [0.25, 0.3) is 0 Å². The molecule has 0 aliphatic rings. The maximum Gasteiger partial charge on any atom is 0.123 e. The smallest absolute Gasteiger partial charge is 0.123 e. The first-order valence-corrected chi connectivity index (χ1v) is 4.92. The molecule has 0 aliphatic carbocycles. The lowest BCUT2D eigenvalue weighted by Gasteiger charge is -2.07. The minimum absolute atomic E-state index is 0.246. The van der Waals surface area contributed by atoms with Crippen LogP contribution < -0.4 is 0 Å². The van der Waals surface area contributed by atoms with Crippen molar-refractivity contribution in [2.75, 3.05) is 0 Å². The fourth-order valence-corrected chi connectivity index (χ4v) is 1.62. The van der Waals surface area contributed by atoms with Crippen molar-refractivity contribution in [1.29, 1.82) is 0 Å². The summed E-state index contributed by atoms with van der Waals surface area (Å²) in [4.78, 5) is 0. The first kappa shape index (κ1) is 9.91. The van der Waals surface area contributed by atoms with Crippen LogP contribution in [0.15, 0.2) is 36.4 Å². The summed E-state index contributed by atoms with van der Waals surface area (Å²) in [6.45, 7) is 4.14. The first-order valence-electron chi connectivity index (χ1n) is 4.92. The van der Waals surface area contributed by atoms with Crippen LogP contribution in [0.25, 0.3) is 11.1 Å². The molecule has 2 aromatic rings. The molecule has 0 atom stereocenters. The van der Waals surface area contributed by atoms with Crippen LogP contribution in [0.5, 0.6) is 0 Å². The van der Waals surface area contributed by atoms with E-state index in [9.17, 15) is 4.39 Å². The number of halogens is 1. The van der Waals surface area contributed by atoms with Crippen LogP contribution in [0.1, 0.15) is 11.1 Å². The lowest BCUT2D eigenvalue weighted by atomic mass is 9.97. The molecule has 0 saturated heterocycles. The highest BCUT2D eigenvalue weighted by Gasteiger charge is 2.03. The summed E-state index contributed by atoms with van der Waals surface area (Å²) in [6.07, 6.45) is 0. The molecule has 0 spiro atoms. The van der Waals surface area contributed by atoms with Gasteiger partial charge in [0, 0.05) is 0 Å². The summed E-state index contributed by atoms with van der Waals surface area (Å²) in [6, 6.07) is 13.7. The second kappa shape index (κ2) is 3.85. The predicted molar refractivity (Wildman–Crippen MR) is 60.1 cm³/mol. The molecular weight excluding hydrogens is 187 g/mol. The standard InChI is InChI=1S/C14H12F/c1-10-4-3-5-14(11(10)2)12-6-8-13(15)9-7-12/h3-6,8-9H,1-2H3. The van der Waals surface area contributed by atoms with Crippen molar-refractivity contribution < 1.29 is 4.39 Å². The molecule has 0 N–H and O–H groups in total. The molecule has 1 heteroatoms. The van der Waals surface area contributed by atoms with Crippen molar-refractivity contribution in [2.45, 2.75) is 13.8 Å². The molecule has 0 unspecified atom stereocenters. The van der Waals surface area contributed by atoms with Crippen molar-refractivity contribution in [3.8, 4) is 11.1 Å². The Morgan fingerprint density at radius 2 is 1.87 bits per heavy atom. The zero-order valence-electron chi connectivity index (χ0n) is 8.84. The van der Waals surface area contributed by atoms with E-state index in [1.165, 1.54) is 23.3 Å². The number of rotatable bonds is 1. The lowest BCUT2D eigenvalue weighted by molar-refractivity contribution is 0.628. The largest absolute Gasteiger partial charge is 0.207 e. The van der Waals surface area contributed by atoms with Gasteiger partial charge < -0.3 is 0 Å². The van der Waals surface area contributed by atoms with E-state index in [4.69, 9.17) is 0 Å². The normalized spacial score (nSPS) is 10.3. The van der Waals surface area contributed by atoms with Gasteiger partial charge in [0.15, 0.2) is 0 Å². The van der Waals surface area contributed by atoms with Crippen LogP contribution in [0.2, 0.25) is 0 Å². The monoisotopic (exact) mass is 199 g/mol. The van der Waals surface area contributed by atoms with E-state index in [0.29, 0.717) is 0 Å². The molecule has 0 saturated carbocycles. The van der Waals surface area contributed by atoms with Gasteiger partial charge in [-0.3, -0.25) is 0 Å². The van der Waals surface area contributed by atoms with E-state index in [-0.39, 0.29) is 5.82 Å². The molecule has 0 fully saturated rings. The fraction of sp³-hybridized carbons (Fsp3) is 0.143. The quantitative estimate of drug-likeness (QED) is 0.653. The highest BCUT2D eigenvalue weighted by Crippen LogP contribution is 2.24. The minimum atomic E-state index is -0.246. The maximum absolute atomic E-state index is 12.8. The van der Waals surface area contributed by atoms with E-state index >= 15 is 0 Å². The van der Waals surface area contributed by atoms with Crippen LogP contribution in [0.4, 0.5) is 4.39 Å². The third kappa shape index (κ3) is 1.91. The molecule has 0 bridgehead atoms. The lowest BCUT2D eigenvalue weighted by Crippen LogP contribution is -1.87. The summed E-state index contributed by atoms with van der Waals surface area (Å²) in [7, 11) is 0. The Kier molecular flexibility index (Phi) is 2.55. The summed E-state index contributed by atoms with van der Waals surface area (Å²) < 4.78 is 12.8. The summed E-state index contributed by atoms with van der Waals surface area (Å²) >= 11 is 0. The molecule has 0 aliphatic heterocycles. The van der Waals surface area contributed by atoms with Gasteiger partial charge in [-0.15, -0.1) is 0 Å². The molecule has 0 amide bonds. The van der Waals surface area contributed by atoms with Gasteiger partial charge in [-0.1, -0.05) is 24.3 Å².